The average Bonchev–Trinajstić information content (AvgIpc) is 3.11. The summed E-state index contributed by atoms with van der Waals surface area (Å²) in [7, 11) is 0. The first kappa shape index (κ1) is 15.1. The summed E-state index contributed by atoms with van der Waals surface area (Å²) in [6.07, 6.45) is 7.75. The van der Waals surface area contributed by atoms with Crippen LogP contribution in [0.5, 0.6) is 0 Å². The van der Waals surface area contributed by atoms with Crippen LogP contribution in [0, 0.1) is 5.92 Å². The summed E-state index contributed by atoms with van der Waals surface area (Å²) in [5, 5.41) is 3.73. The third-order valence-electron chi connectivity index (χ3n) is 5.12. The van der Waals surface area contributed by atoms with E-state index in [9.17, 15) is 0 Å². The fourth-order valence-electron chi connectivity index (χ4n) is 3.87. The Morgan fingerprint density at radius 3 is 2.90 bits per heavy atom. The van der Waals surface area contributed by atoms with Gasteiger partial charge in [-0.3, -0.25) is 0 Å². The Labute approximate surface area is 129 Å². The molecule has 0 radical (unpaired) electrons. The standard InChI is InChI=1S/C19H29NO/c1-3-10-20-18(19-14(2)9-11-21-19)13-15-7-8-16-5-4-6-17(16)12-15/h7-8,12,14,18-20H,3-6,9-11,13H2,1-2H3. The van der Waals surface area contributed by atoms with E-state index >= 15 is 0 Å². The van der Waals surface area contributed by atoms with Gasteiger partial charge in [0.1, 0.15) is 0 Å². The normalized spacial score (nSPS) is 26.0. The number of hydrogen-bond acceptors (Lipinski definition) is 2. The van der Waals surface area contributed by atoms with Crippen molar-refractivity contribution in [3.8, 4) is 0 Å². The number of hydrogen-bond donors (Lipinski definition) is 1. The SMILES string of the molecule is CCCNC(Cc1ccc2c(c1)CCC2)C1OCCC1C. The topological polar surface area (TPSA) is 21.3 Å². The highest BCUT2D eigenvalue weighted by Gasteiger charge is 2.31. The van der Waals surface area contributed by atoms with Crippen LogP contribution in [0.1, 0.15) is 49.8 Å². The van der Waals surface area contributed by atoms with E-state index in [0.717, 1.165) is 19.6 Å². The van der Waals surface area contributed by atoms with Crippen molar-refractivity contribution < 1.29 is 4.74 Å². The second-order valence-corrected chi connectivity index (χ2v) is 6.82. The van der Waals surface area contributed by atoms with Crippen molar-refractivity contribution in [3.63, 3.8) is 0 Å². The van der Waals surface area contributed by atoms with E-state index in [1.165, 1.54) is 37.7 Å². The molecule has 1 aliphatic heterocycles. The molecule has 1 fully saturated rings. The minimum absolute atomic E-state index is 0.379. The first-order chi connectivity index (χ1) is 10.3. The highest BCUT2D eigenvalue weighted by molar-refractivity contribution is 5.35. The smallest absolute Gasteiger partial charge is 0.0757 e. The number of nitrogens with one attached hydrogen (secondary N) is 1. The lowest BCUT2D eigenvalue weighted by Gasteiger charge is -2.27. The van der Waals surface area contributed by atoms with Crippen LogP contribution in [0.4, 0.5) is 0 Å². The summed E-state index contributed by atoms with van der Waals surface area (Å²) in [6, 6.07) is 7.60. The van der Waals surface area contributed by atoms with Gasteiger partial charge in [0.15, 0.2) is 0 Å². The van der Waals surface area contributed by atoms with Crippen LogP contribution in [0.15, 0.2) is 18.2 Å². The predicted octanol–water partition coefficient (Wildman–Crippen LogP) is 3.51. The van der Waals surface area contributed by atoms with Crippen molar-refractivity contribution in [2.75, 3.05) is 13.2 Å². The summed E-state index contributed by atoms with van der Waals surface area (Å²) < 4.78 is 6.03. The van der Waals surface area contributed by atoms with Crippen LogP contribution in [0.2, 0.25) is 0 Å². The molecule has 1 aliphatic carbocycles. The van der Waals surface area contributed by atoms with Crippen LogP contribution in [-0.2, 0) is 24.0 Å². The van der Waals surface area contributed by atoms with E-state index in [0.29, 0.717) is 18.1 Å². The third kappa shape index (κ3) is 3.49. The molecule has 3 atom stereocenters. The lowest BCUT2D eigenvalue weighted by Crippen LogP contribution is -2.44. The molecule has 1 aromatic rings. The molecule has 0 aromatic heterocycles. The molecule has 2 nitrogen and oxygen atoms in total. The zero-order valence-corrected chi connectivity index (χ0v) is 13.5. The van der Waals surface area contributed by atoms with Crippen molar-refractivity contribution in [1.82, 2.24) is 5.32 Å². The van der Waals surface area contributed by atoms with Crippen molar-refractivity contribution in [2.24, 2.45) is 5.92 Å². The summed E-state index contributed by atoms with van der Waals surface area (Å²) in [5.74, 6) is 0.675. The summed E-state index contributed by atoms with van der Waals surface area (Å²) in [6.45, 7) is 6.59. The fraction of sp³-hybridized carbons (Fsp3) is 0.684. The molecule has 1 heterocycles. The number of fused-ring (bicyclic) bond motifs is 1. The molecule has 21 heavy (non-hydrogen) atoms. The van der Waals surface area contributed by atoms with Gasteiger partial charge < -0.3 is 10.1 Å². The van der Waals surface area contributed by atoms with Gasteiger partial charge in [-0.2, -0.15) is 0 Å². The van der Waals surface area contributed by atoms with Gasteiger partial charge in [0.25, 0.3) is 0 Å². The minimum Gasteiger partial charge on any atom is -0.376 e. The van der Waals surface area contributed by atoms with Gasteiger partial charge in [-0.05, 0) is 67.7 Å². The Bertz CT molecular complexity index is 471. The van der Waals surface area contributed by atoms with Gasteiger partial charge in [-0.25, -0.2) is 0 Å². The zero-order chi connectivity index (χ0) is 14.7. The van der Waals surface area contributed by atoms with Crippen LogP contribution < -0.4 is 5.32 Å². The van der Waals surface area contributed by atoms with Crippen LogP contribution >= 0.6 is 0 Å². The third-order valence-corrected chi connectivity index (χ3v) is 5.12. The van der Waals surface area contributed by atoms with Crippen molar-refractivity contribution >= 4 is 0 Å². The molecule has 2 aliphatic rings. The molecule has 116 valence electrons. The van der Waals surface area contributed by atoms with E-state index in [1.807, 2.05) is 0 Å². The van der Waals surface area contributed by atoms with Crippen LogP contribution in [0.25, 0.3) is 0 Å². The van der Waals surface area contributed by atoms with Gasteiger partial charge in [-0.15, -0.1) is 0 Å². The molecule has 0 spiro atoms. The molecule has 1 N–H and O–H groups in total. The van der Waals surface area contributed by atoms with Crippen molar-refractivity contribution in [2.45, 2.75) is 64.5 Å². The van der Waals surface area contributed by atoms with Crippen molar-refractivity contribution in [3.05, 3.63) is 34.9 Å². The van der Waals surface area contributed by atoms with Gasteiger partial charge in [-0.1, -0.05) is 32.0 Å². The van der Waals surface area contributed by atoms with Crippen LogP contribution in [-0.4, -0.2) is 25.3 Å². The summed E-state index contributed by atoms with van der Waals surface area (Å²) >= 11 is 0. The van der Waals surface area contributed by atoms with E-state index in [-0.39, 0.29) is 0 Å². The largest absolute Gasteiger partial charge is 0.376 e. The Hall–Kier alpha value is -0.860. The second kappa shape index (κ2) is 6.93. The van der Waals surface area contributed by atoms with Gasteiger partial charge in [0, 0.05) is 12.6 Å². The fourth-order valence-corrected chi connectivity index (χ4v) is 3.87. The van der Waals surface area contributed by atoms with Crippen LogP contribution in [0.3, 0.4) is 0 Å². The first-order valence-electron chi connectivity index (χ1n) is 8.73. The molecule has 0 bridgehead atoms. The van der Waals surface area contributed by atoms with E-state index in [2.05, 4.69) is 37.4 Å². The predicted molar refractivity (Wildman–Crippen MR) is 87.8 cm³/mol. The van der Waals surface area contributed by atoms with E-state index in [4.69, 9.17) is 4.74 Å². The molecule has 0 saturated carbocycles. The highest BCUT2D eigenvalue weighted by Crippen LogP contribution is 2.27. The first-order valence-corrected chi connectivity index (χ1v) is 8.73. The average molecular weight is 287 g/mol. The maximum atomic E-state index is 6.03. The molecule has 0 amide bonds. The quantitative estimate of drug-likeness (QED) is 0.864. The monoisotopic (exact) mass is 287 g/mol. The Balaban J connectivity index is 1.71. The Morgan fingerprint density at radius 1 is 1.29 bits per heavy atom. The number of benzene rings is 1. The minimum atomic E-state index is 0.379. The van der Waals surface area contributed by atoms with Gasteiger partial charge in [0.05, 0.1) is 6.10 Å². The van der Waals surface area contributed by atoms with E-state index < -0.39 is 0 Å². The zero-order valence-electron chi connectivity index (χ0n) is 13.5. The Kier molecular flexibility index (Phi) is 4.97. The van der Waals surface area contributed by atoms with E-state index in [1.54, 1.807) is 11.1 Å². The molecule has 1 aromatic carbocycles. The Morgan fingerprint density at radius 2 is 2.14 bits per heavy atom. The second-order valence-electron chi connectivity index (χ2n) is 6.82. The number of aryl methyl sites for hydroxylation is 2. The molecular weight excluding hydrogens is 258 g/mol. The lowest BCUT2D eigenvalue weighted by atomic mass is 9.92. The number of ether oxygens (including phenoxy) is 1. The maximum absolute atomic E-state index is 6.03. The lowest BCUT2D eigenvalue weighted by molar-refractivity contribution is 0.0610. The van der Waals surface area contributed by atoms with Gasteiger partial charge >= 0.3 is 0 Å². The molecule has 3 unspecified atom stereocenters. The summed E-state index contributed by atoms with van der Waals surface area (Å²) in [5.41, 5.74) is 4.64. The molecular formula is C19H29NO. The maximum Gasteiger partial charge on any atom is 0.0757 e. The van der Waals surface area contributed by atoms with Gasteiger partial charge in [0.2, 0.25) is 0 Å². The molecule has 2 heteroatoms. The molecule has 3 rings (SSSR count). The number of rotatable bonds is 6. The summed E-state index contributed by atoms with van der Waals surface area (Å²) in [4.78, 5) is 0. The highest BCUT2D eigenvalue weighted by atomic mass is 16.5. The molecule has 1 saturated heterocycles. The van der Waals surface area contributed by atoms with Crippen molar-refractivity contribution in [1.29, 1.82) is 0 Å².